The van der Waals surface area contributed by atoms with Crippen molar-refractivity contribution >= 4 is 28.4 Å². The summed E-state index contributed by atoms with van der Waals surface area (Å²) in [7, 11) is 3.50. The lowest BCUT2D eigenvalue weighted by Crippen LogP contribution is -2.29. The Labute approximate surface area is 180 Å². The molecule has 0 aliphatic carbocycles. The van der Waals surface area contributed by atoms with Gasteiger partial charge >= 0.3 is 0 Å². The molecule has 0 fully saturated rings. The summed E-state index contributed by atoms with van der Waals surface area (Å²) in [6.45, 7) is 3.80. The van der Waals surface area contributed by atoms with Crippen LogP contribution in [0.1, 0.15) is 13.8 Å². The maximum Gasteiger partial charge on any atom is 0.227 e. The van der Waals surface area contributed by atoms with Gasteiger partial charge in [0.2, 0.25) is 5.95 Å². The summed E-state index contributed by atoms with van der Waals surface area (Å²) in [6.07, 6.45) is 7.18. The van der Waals surface area contributed by atoms with Gasteiger partial charge in [0.15, 0.2) is 5.82 Å². The molecule has 31 heavy (non-hydrogen) atoms. The van der Waals surface area contributed by atoms with E-state index >= 15 is 0 Å². The van der Waals surface area contributed by atoms with Crippen LogP contribution in [-0.2, 0) is 7.05 Å². The normalized spacial score (nSPS) is 11.5. The van der Waals surface area contributed by atoms with E-state index in [0.29, 0.717) is 29.6 Å². The van der Waals surface area contributed by atoms with E-state index in [1.807, 2.05) is 43.7 Å². The number of benzene rings is 1. The van der Waals surface area contributed by atoms with Crippen LogP contribution in [0.25, 0.3) is 22.0 Å². The van der Waals surface area contributed by atoms with Gasteiger partial charge < -0.3 is 20.5 Å². The smallest absolute Gasteiger partial charge is 0.227 e. The molecule has 0 bridgehead atoms. The molecule has 0 atom stereocenters. The van der Waals surface area contributed by atoms with Crippen molar-refractivity contribution in [2.45, 2.75) is 19.4 Å². The Hall–Kier alpha value is -3.72. The average Bonchev–Trinajstić information content (AvgIpc) is 3.18. The number of fused-ring (bicyclic) bond motifs is 1. The summed E-state index contributed by atoms with van der Waals surface area (Å²) in [5.41, 5.74) is 2.53. The molecule has 0 unspecified atom stereocenters. The molecule has 160 valence electrons. The molecule has 0 spiro atoms. The van der Waals surface area contributed by atoms with Crippen molar-refractivity contribution < 1.29 is 9.84 Å². The molecule has 4 rings (SSSR count). The van der Waals surface area contributed by atoms with Crippen molar-refractivity contribution in [1.29, 1.82) is 0 Å². The molecule has 0 aliphatic rings. The van der Waals surface area contributed by atoms with Crippen molar-refractivity contribution in [3.63, 3.8) is 0 Å². The van der Waals surface area contributed by atoms with Gasteiger partial charge in [-0.15, -0.1) is 0 Å². The quantitative estimate of drug-likeness (QED) is 0.418. The summed E-state index contributed by atoms with van der Waals surface area (Å²) in [6, 6.07) is 7.70. The van der Waals surface area contributed by atoms with Crippen LogP contribution >= 0.6 is 0 Å². The molecule has 0 aliphatic heterocycles. The fourth-order valence-electron chi connectivity index (χ4n) is 3.11. The monoisotopic (exact) mass is 419 g/mol. The van der Waals surface area contributed by atoms with Crippen molar-refractivity contribution in [2.24, 2.45) is 7.05 Å². The molecule has 0 saturated carbocycles. The topological polar surface area (TPSA) is 110 Å². The number of anilines is 3. The Balaban J connectivity index is 1.63. The zero-order valence-corrected chi connectivity index (χ0v) is 17.9. The van der Waals surface area contributed by atoms with E-state index in [4.69, 9.17) is 4.74 Å². The number of aryl methyl sites for hydroxylation is 1. The lowest BCUT2D eigenvalue weighted by Gasteiger charge is -2.18. The van der Waals surface area contributed by atoms with Gasteiger partial charge in [-0.3, -0.25) is 4.68 Å². The number of nitrogens with zero attached hydrogens (tertiary/aromatic N) is 5. The fraction of sp³-hybridized carbons (Fsp3) is 0.273. The summed E-state index contributed by atoms with van der Waals surface area (Å²) in [5, 5.41) is 21.5. The lowest BCUT2D eigenvalue weighted by atomic mass is 10.1. The van der Waals surface area contributed by atoms with Crippen molar-refractivity contribution in [3.8, 4) is 16.9 Å². The van der Waals surface area contributed by atoms with E-state index in [9.17, 15) is 5.11 Å². The largest absolute Gasteiger partial charge is 0.495 e. The summed E-state index contributed by atoms with van der Waals surface area (Å²) >= 11 is 0. The fourth-order valence-corrected chi connectivity index (χ4v) is 3.11. The highest BCUT2D eigenvalue weighted by molar-refractivity contribution is 5.88. The number of methoxy groups -OCH3 is 1. The molecule has 0 saturated heterocycles. The van der Waals surface area contributed by atoms with Gasteiger partial charge in [0.25, 0.3) is 0 Å². The molecule has 4 aromatic rings. The highest BCUT2D eigenvalue weighted by Gasteiger charge is 2.15. The van der Waals surface area contributed by atoms with Gasteiger partial charge in [0.1, 0.15) is 11.3 Å². The third-order valence-corrected chi connectivity index (χ3v) is 4.67. The minimum atomic E-state index is -0.874. The molecule has 9 heteroatoms. The first kappa shape index (κ1) is 20.5. The number of rotatable bonds is 7. The van der Waals surface area contributed by atoms with Crippen molar-refractivity contribution in [2.75, 3.05) is 24.3 Å². The second kappa shape index (κ2) is 8.19. The van der Waals surface area contributed by atoms with Crippen LogP contribution in [-0.4, -0.2) is 49.1 Å². The number of hydrogen-bond donors (Lipinski definition) is 3. The highest BCUT2D eigenvalue weighted by Crippen LogP contribution is 2.32. The van der Waals surface area contributed by atoms with Crippen LogP contribution in [0, 0.1) is 0 Å². The predicted molar refractivity (Wildman–Crippen MR) is 121 cm³/mol. The Morgan fingerprint density at radius 2 is 1.97 bits per heavy atom. The lowest BCUT2D eigenvalue weighted by molar-refractivity contribution is 0.0944. The van der Waals surface area contributed by atoms with Crippen LogP contribution < -0.4 is 15.4 Å². The SMILES string of the molecule is COc1cc(-c2cnn(C)c2)ccc1Nc1ncc2ccnc(NCC(C)(C)O)c2n1. The van der Waals surface area contributed by atoms with E-state index in [-0.39, 0.29) is 0 Å². The van der Waals surface area contributed by atoms with E-state index in [0.717, 1.165) is 22.2 Å². The van der Waals surface area contributed by atoms with Crippen LogP contribution in [0.3, 0.4) is 0 Å². The first-order chi connectivity index (χ1) is 14.8. The minimum absolute atomic E-state index is 0.343. The number of ether oxygens (including phenoxy) is 1. The van der Waals surface area contributed by atoms with Gasteiger partial charge in [0, 0.05) is 43.1 Å². The van der Waals surface area contributed by atoms with Gasteiger partial charge in [-0.2, -0.15) is 5.10 Å². The average molecular weight is 419 g/mol. The molecule has 3 heterocycles. The van der Waals surface area contributed by atoms with Crippen LogP contribution in [0.15, 0.2) is 49.1 Å². The minimum Gasteiger partial charge on any atom is -0.495 e. The van der Waals surface area contributed by atoms with E-state index in [2.05, 4.69) is 30.7 Å². The first-order valence-electron chi connectivity index (χ1n) is 9.84. The predicted octanol–water partition coefficient (Wildman–Crippen LogP) is 3.36. The Morgan fingerprint density at radius 3 is 2.68 bits per heavy atom. The number of aliphatic hydroxyl groups is 1. The second-order valence-corrected chi connectivity index (χ2v) is 7.90. The Morgan fingerprint density at radius 1 is 1.13 bits per heavy atom. The molecular formula is C22H25N7O2. The third-order valence-electron chi connectivity index (χ3n) is 4.67. The molecule has 0 radical (unpaired) electrons. The Kier molecular flexibility index (Phi) is 5.43. The molecule has 1 aromatic carbocycles. The van der Waals surface area contributed by atoms with Gasteiger partial charge in [-0.1, -0.05) is 6.07 Å². The molecule has 3 N–H and O–H groups in total. The maximum atomic E-state index is 10.0. The van der Waals surface area contributed by atoms with E-state index in [1.165, 1.54) is 0 Å². The third kappa shape index (κ3) is 4.72. The van der Waals surface area contributed by atoms with Gasteiger partial charge in [-0.05, 0) is 37.6 Å². The molecule has 3 aromatic heterocycles. The second-order valence-electron chi connectivity index (χ2n) is 7.90. The molecular weight excluding hydrogens is 394 g/mol. The van der Waals surface area contributed by atoms with Crippen LogP contribution in [0.4, 0.5) is 17.5 Å². The van der Waals surface area contributed by atoms with E-state index in [1.54, 1.807) is 38.0 Å². The molecule has 0 amide bonds. The zero-order valence-electron chi connectivity index (χ0n) is 17.9. The van der Waals surface area contributed by atoms with Crippen LogP contribution in [0.2, 0.25) is 0 Å². The number of aromatic nitrogens is 5. The number of hydrogen-bond acceptors (Lipinski definition) is 8. The standard InChI is InChI=1S/C22H25N7O2/c1-22(2,30)13-25-20-19-15(7-8-23-20)10-24-21(28-19)27-17-6-5-14(9-18(17)31-4)16-11-26-29(3)12-16/h5-12,30H,13H2,1-4H3,(H,23,25)(H,24,27,28). The highest BCUT2D eigenvalue weighted by atomic mass is 16.5. The molecule has 9 nitrogen and oxygen atoms in total. The first-order valence-corrected chi connectivity index (χ1v) is 9.84. The van der Waals surface area contributed by atoms with Crippen molar-refractivity contribution in [1.82, 2.24) is 24.7 Å². The van der Waals surface area contributed by atoms with Crippen molar-refractivity contribution in [3.05, 3.63) is 49.1 Å². The van der Waals surface area contributed by atoms with E-state index < -0.39 is 5.60 Å². The maximum absolute atomic E-state index is 10.0. The number of nitrogens with one attached hydrogen (secondary N) is 2. The number of pyridine rings is 1. The van der Waals surface area contributed by atoms with Crippen LogP contribution in [0.5, 0.6) is 5.75 Å². The Bertz CT molecular complexity index is 1210. The summed E-state index contributed by atoms with van der Waals surface area (Å²) in [5.74, 6) is 1.67. The van der Waals surface area contributed by atoms with Gasteiger partial charge in [-0.25, -0.2) is 15.0 Å². The summed E-state index contributed by atoms with van der Waals surface area (Å²) < 4.78 is 7.33. The van der Waals surface area contributed by atoms with Gasteiger partial charge in [0.05, 0.1) is 24.6 Å². The summed E-state index contributed by atoms with van der Waals surface area (Å²) in [4.78, 5) is 13.4. The zero-order chi connectivity index (χ0) is 22.0.